The topological polar surface area (TPSA) is 541 Å². The van der Waals surface area contributed by atoms with Crippen LogP contribution in [-0.2, 0) is 70.4 Å². The van der Waals surface area contributed by atoms with Crippen LogP contribution in [0.15, 0.2) is 60.7 Å². The van der Waals surface area contributed by atoms with Gasteiger partial charge >= 0.3 is 0 Å². The zero-order valence-corrected chi connectivity index (χ0v) is 49.4. The Labute approximate surface area is 506 Å². The van der Waals surface area contributed by atoms with E-state index in [-0.39, 0.29) is 63.1 Å². The number of rotatable bonds is 38. The van der Waals surface area contributed by atoms with E-state index in [2.05, 4.69) is 89.1 Å². The van der Waals surface area contributed by atoms with Crippen LogP contribution in [0, 0.1) is 10.8 Å². The van der Waals surface area contributed by atoms with Gasteiger partial charge in [0.25, 0.3) is 0 Å². The third-order valence-electron chi connectivity index (χ3n) is 12.5. The van der Waals surface area contributed by atoms with E-state index in [1.807, 2.05) is 0 Å². The first-order valence-electron chi connectivity index (χ1n) is 26.9. The molecule has 2 aromatic carbocycles. The average Bonchev–Trinajstić information content (AvgIpc) is 3.64. The van der Waals surface area contributed by atoms with Crippen molar-refractivity contribution in [3.8, 4) is 0 Å². The number of aliphatic hydroxyl groups is 2. The summed E-state index contributed by atoms with van der Waals surface area (Å²) in [6.45, 7) is 2.52. The first-order chi connectivity index (χ1) is 40.6. The molecule has 0 unspecified atom stereocenters. The largest absolute Gasteiger partial charge is 0.394 e. The van der Waals surface area contributed by atoms with E-state index in [9.17, 15) is 67.7 Å². The third kappa shape index (κ3) is 27.3. The quantitative estimate of drug-likeness (QED) is 0.0129. The molecule has 0 bridgehead atoms. The average molecular weight is 1250 g/mol. The van der Waals surface area contributed by atoms with Crippen molar-refractivity contribution < 1.29 is 67.7 Å². The molecule has 0 aliphatic carbocycles. The lowest BCUT2D eigenvalue weighted by molar-refractivity contribution is -0.136. The number of nitrogens with two attached hydrogens (primary N) is 4. The minimum absolute atomic E-state index is 0.0126. The number of carbonyl (C=O) groups is 12. The number of nitrogens with one attached hydrogen (secondary N) is 14. The Balaban J connectivity index is 2.53. The van der Waals surface area contributed by atoms with Crippen LogP contribution in [0.2, 0.25) is 0 Å². The van der Waals surface area contributed by atoms with E-state index in [4.69, 9.17) is 33.8 Å². The second kappa shape index (κ2) is 38.2. The van der Waals surface area contributed by atoms with Crippen LogP contribution in [-0.4, -0.2) is 191 Å². The highest BCUT2D eigenvalue weighted by Crippen LogP contribution is 2.11. The lowest BCUT2D eigenvalue weighted by Crippen LogP contribution is -2.61. The van der Waals surface area contributed by atoms with Crippen LogP contribution in [0.4, 0.5) is 0 Å². The molecule has 474 valence electrons. The van der Waals surface area contributed by atoms with E-state index >= 15 is 0 Å². The van der Waals surface area contributed by atoms with Crippen molar-refractivity contribution in [2.24, 2.45) is 22.9 Å². The van der Waals surface area contributed by atoms with Gasteiger partial charge in [0.05, 0.1) is 19.1 Å². The number of amides is 12. The first-order valence-corrected chi connectivity index (χ1v) is 28.2. The van der Waals surface area contributed by atoms with Crippen LogP contribution in [0.1, 0.15) is 64.0 Å². The summed E-state index contributed by atoms with van der Waals surface area (Å²) in [6.07, 6.45) is -2.62. The lowest BCUT2D eigenvalue weighted by Gasteiger charge is -2.28. The molecule has 12 amide bonds. The number of hydrogen-bond donors (Lipinski definition) is 22. The summed E-state index contributed by atoms with van der Waals surface area (Å²) >= 11 is 8.25. The normalized spacial score (nSPS) is 14.6. The SMILES string of the molecule is CC(=O)N[C@@H](CC(N)=O)C(=O)N[C@@H](CS)C(=O)N[C@@H](CCCNC(=N)N)C(=O)N[C@@H](Cc1ccccc1)C(=O)N[C@@H](Cc1ccccc1)C(=O)N[C@@H](CCCNC(=N)N)C(=O)N[C@@H](CO)C(=O)N[C@@H](C)C(=O)N[C@@H](CS)C(=O)N[C@H](C(N)=O)[C@@H](C)O. The molecule has 0 saturated heterocycles. The predicted octanol–water partition coefficient (Wildman–Crippen LogP) is -7.52. The Hall–Kier alpha value is -8.76. The number of hydrogen-bond acceptors (Lipinski definition) is 18. The van der Waals surface area contributed by atoms with Gasteiger partial charge in [-0.15, -0.1) is 0 Å². The number of thiol groups is 2. The second-order valence-electron chi connectivity index (χ2n) is 19.6. The first kappa shape index (κ1) is 73.3. The molecule has 11 atom stereocenters. The minimum Gasteiger partial charge on any atom is -0.394 e. The van der Waals surface area contributed by atoms with Crippen molar-refractivity contribution in [2.45, 2.75) is 132 Å². The second-order valence-corrected chi connectivity index (χ2v) is 20.3. The molecule has 0 aliphatic heterocycles. The minimum atomic E-state index is -1.77. The molecule has 32 nitrogen and oxygen atoms in total. The Morgan fingerprint density at radius 2 is 0.826 bits per heavy atom. The molecule has 86 heavy (non-hydrogen) atoms. The Bertz CT molecular complexity index is 2660. The Morgan fingerprint density at radius 3 is 1.20 bits per heavy atom. The van der Waals surface area contributed by atoms with E-state index < -0.39 is 162 Å². The molecule has 24 N–H and O–H groups in total. The Kier molecular flexibility index (Phi) is 32.6. The fourth-order valence-electron chi connectivity index (χ4n) is 7.95. The molecule has 0 saturated carbocycles. The summed E-state index contributed by atoms with van der Waals surface area (Å²) in [7, 11) is 0. The molecule has 2 aromatic rings. The summed E-state index contributed by atoms with van der Waals surface area (Å²) in [5.74, 6) is -12.9. The van der Waals surface area contributed by atoms with Crippen molar-refractivity contribution in [3.05, 3.63) is 71.8 Å². The number of benzene rings is 2. The highest BCUT2D eigenvalue weighted by molar-refractivity contribution is 7.80. The number of primary amides is 2. The molecule has 0 fully saturated rings. The van der Waals surface area contributed by atoms with Crippen LogP contribution in [0.3, 0.4) is 0 Å². The van der Waals surface area contributed by atoms with E-state index in [1.165, 1.54) is 13.8 Å². The van der Waals surface area contributed by atoms with Gasteiger partial charge < -0.3 is 96.9 Å². The molecular weight excluding hydrogens is 1160 g/mol. The number of guanidine groups is 2. The molecule has 34 heteroatoms. The standard InChI is InChI=1S/C52H80N18O14S2/c1-26(42(76)68-38(25-86)50(84)70-40(27(2)72)41(54)75)61-48(82)36(23-71)67-44(78)32(17-11-19-60-52(57)58)63-45(79)33(20-29-12-6-4-7-13-29)66-46(80)34(21-30-14-8-5-9-15-30)65-43(77)31(16-10-18-59-51(55)56)64-49(83)37(24-85)69-47(81)35(22-39(53)74)62-28(3)73/h4-9,12-15,26-27,31-38,40,71-72,85-86H,10-11,16-25H2,1-3H3,(H2,53,74)(H2,54,75)(H,61,82)(H,62,73)(H,63,79)(H,64,83)(H,65,77)(H,66,80)(H,67,78)(H,68,76)(H,69,81)(H,70,84)(H4,55,56,59)(H4,57,58,60)/t26-,27+,31-,32-,33-,34-,35-,36-,37-,38-,40-/m0/s1. The van der Waals surface area contributed by atoms with Gasteiger partial charge in [-0.05, 0) is 50.7 Å². The zero-order chi connectivity index (χ0) is 64.6. The molecule has 0 heterocycles. The zero-order valence-electron chi connectivity index (χ0n) is 47.6. The number of carbonyl (C=O) groups excluding carboxylic acids is 12. The smallest absolute Gasteiger partial charge is 0.245 e. The van der Waals surface area contributed by atoms with Crippen molar-refractivity contribution in [3.63, 3.8) is 0 Å². The van der Waals surface area contributed by atoms with Gasteiger partial charge in [-0.3, -0.25) is 68.4 Å². The molecule has 0 aliphatic rings. The van der Waals surface area contributed by atoms with E-state index in [0.29, 0.717) is 11.1 Å². The molecule has 0 aromatic heterocycles. The highest BCUT2D eigenvalue weighted by Gasteiger charge is 2.36. The summed E-state index contributed by atoms with van der Waals surface area (Å²) in [6, 6.07) is 1.60. The molecule has 2 rings (SSSR count). The van der Waals surface area contributed by atoms with Crippen molar-refractivity contribution >= 4 is 108 Å². The van der Waals surface area contributed by atoms with Crippen LogP contribution >= 0.6 is 25.3 Å². The summed E-state index contributed by atoms with van der Waals surface area (Å²) in [5.41, 5.74) is 22.5. The van der Waals surface area contributed by atoms with E-state index in [0.717, 1.165) is 6.92 Å². The van der Waals surface area contributed by atoms with Crippen LogP contribution in [0.25, 0.3) is 0 Å². The van der Waals surface area contributed by atoms with Gasteiger partial charge in [0, 0.05) is 44.4 Å². The molecule has 0 radical (unpaired) electrons. The highest BCUT2D eigenvalue weighted by atomic mass is 32.1. The monoisotopic (exact) mass is 1240 g/mol. The predicted molar refractivity (Wildman–Crippen MR) is 319 cm³/mol. The maximum Gasteiger partial charge on any atom is 0.245 e. The number of aliphatic hydroxyl groups excluding tert-OH is 2. The molecular formula is C52H80N18O14S2. The maximum atomic E-state index is 14.7. The third-order valence-corrected chi connectivity index (χ3v) is 13.2. The fourth-order valence-corrected chi connectivity index (χ4v) is 8.46. The van der Waals surface area contributed by atoms with Gasteiger partial charge in [0.15, 0.2) is 11.9 Å². The van der Waals surface area contributed by atoms with E-state index in [1.54, 1.807) is 60.7 Å². The summed E-state index contributed by atoms with van der Waals surface area (Å²) in [5, 5.41) is 64.8. The van der Waals surface area contributed by atoms with Gasteiger partial charge in [-0.1, -0.05) is 60.7 Å². The van der Waals surface area contributed by atoms with Gasteiger partial charge in [-0.2, -0.15) is 25.3 Å². The Morgan fingerprint density at radius 1 is 0.477 bits per heavy atom. The van der Waals surface area contributed by atoms with Gasteiger partial charge in [0.1, 0.15) is 60.4 Å². The van der Waals surface area contributed by atoms with Crippen LogP contribution in [0.5, 0.6) is 0 Å². The fraction of sp³-hybridized carbons (Fsp3) is 0.500. The van der Waals surface area contributed by atoms with Crippen molar-refractivity contribution in [1.29, 1.82) is 10.8 Å². The van der Waals surface area contributed by atoms with Crippen LogP contribution < -0.4 is 86.7 Å². The lowest BCUT2D eigenvalue weighted by atomic mass is 10.0. The molecule has 0 spiro atoms. The maximum absolute atomic E-state index is 14.7. The van der Waals surface area contributed by atoms with Gasteiger partial charge in [-0.25, -0.2) is 0 Å². The van der Waals surface area contributed by atoms with Crippen molar-refractivity contribution in [2.75, 3.05) is 31.2 Å². The summed E-state index contributed by atoms with van der Waals surface area (Å²) < 4.78 is 0. The summed E-state index contributed by atoms with van der Waals surface area (Å²) in [4.78, 5) is 160. The van der Waals surface area contributed by atoms with Crippen molar-refractivity contribution in [1.82, 2.24) is 63.8 Å². The van der Waals surface area contributed by atoms with Gasteiger partial charge in [0.2, 0.25) is 70.9 Å².